The normalized spacial score (nSPS) is 11.0. The van der Waals surface area contributed by atoms with Crippen LogP contribution in [0.1, 0.15) is 0 Å². The van der Waals surface area contributed by atoms with E-state index in [-0.39, 0.29) is 0 Å². The number of imidazole rings is 1. The molecule has 4 aromatic heterocycles. The number of hydrogen-bond donors (Lipinski definition) is 0. The van der Waals surface area contributed by atoms with Gasteiger partial charge in [0.25, 0.3) is 0 Å². The van der Waals surface area contributed by atoms with Crippen molar-refractivity contribution in [1.82, 2.24) is 19.6 Å². The fraction of sp³-hybridized carbons (Fsp3) is 0.0625. The molecule has 4 heterocycles. The maximum absolute atomic E-state index is 5.41. The molecule has 22 heavy (non-hydrogen) atoms. The third-order valence-electron chi connectivity index (χ3n) is 3.50. The van der Waals surface area contributed by atoms with E-state index in [0.29, 0.717) is 0 Å². The molecule has 6 heteroatoms. The third kappa shape index (κ3) is 2.01. The average molecular weight is 291 g/mol. The largest absolute Gasteiger partial charge is 0.448 e. The van der Waals surface area contributed by atoms with Crippen LogP contribution in [0.2, 0.25) is 0 Å². The summed E-state index contributed by atoms with van der Waals surface area (Å²) in [7, 11) is 1.91. The van der Waals surface area contributed by atoms with E-state index >= 15 is 0 Å². The van der Waals surface area contributed by atoms with Gasteiger partial charge in [0.2, 0.25) is 5.88 Å². The van der Waals surface area contributed by atoms with Crippen molar-refractivity contribution in [3.8, 4) is 11.3 Å². The van der Waals surface area contributed by atoms with Gasteiger partial charge in [0.05, 0.1) is 18.2 Å². The first-order valence-electron chi connectivity index (χ1n) is 6.85. The molecule has 0 aliphatic heterocycles. The van der Waals surface area contributed by atoms with Crippen LogP contribution in [0.4, 0.5) is 11.7 Å². The molecule has 0 N–H and O–H groups in total. The topological polar surface area (TPSA) is 59.5 Å². The smallest absolute Gasteiger partial charge is 0.200 e. The van der Waals surface area contributed by atoms with Crippen molar-refractivity contribution >= 4 is 17.3 Å². The van der Waals surface area contributed by atoms with Crippen LogP contribution in [0.15, 0.2) is 65.7 Å². The van der Waals surface area contributed by atoms with Gasteiger partial charge in [0, 0.05) is 31.1 Å². The monoisotopic (exact) mass is 291 g/mol. The van der Waals surface area contributed by atoms with Crippen LogP contribution in [0.25, 0.3) is 16.9 Å². The number of rotatable bonds is 3. The van der Waals surface area contributed by atoms with Crippen LogP contribution in [-0.2, 0) is 0 Å². The summed E-state index contributed by atoms with van der Waals surface area (Å²) in [6, 6.07) is 11.5. The van der Waals surface area contributed by atoms with Crippen molar-refractivity contribution in [3.05, 3.63) is 61.3 Å². The van der Waals surface area contributed by atoms with E-state index in [1.165, 1.54) is 0 Å². The molecular formula is C16H13N5O. The van der Waals surface area contributed by atoms with Gasteiger partial charge >= 0.3 is 0 Å². The Bertz CT molecular complexity index is 899. The lowest BCUT2D eigenvalue weighted by Crippen LogP contribution is -2.12. The van der Waals surface area contributed by atoms with Crippen molar-refractivity contribution in [2.45, 2.75) is 0 Å². The summed E-state index contributed by atoms with van der Waals surface area (Å²) in [5.41, 5.74) is 2.74. The highest BCUT2D eigenvalue weighted by Crippen LogP contribution is 2.24. The SMILES string of the molecule is CN(c1ccc2ncc(-c3ccncc3)n2n1)c1ccco1. The molecule has 0 saturated carbocycles. The van der Waals surface area contributed by atoms with Gasteiger partial charge in [-0.1, -0.05) is 0 Å². The summed E-state index contributed by atoms with van der Waals surface area (Å²) in [5.74, 6) is 1.51. The number of hydrogen-bond acceptors (Lipinski definition) is 5. The zero-order chi connectivity index (χ0) is 14.9. The quantitative estimate of drug-likeness (QED) is 0.580. The number of anilines is 2. The lowest BCUT2D eigenvalue weighted by atomic mass is 10.2. The van der Waals surface area contributed by atoms with Gasteiger partial charge in [0.15, 0.2) is 11.5 Å². The lowest BCUT2D eigenvalue weighted by Gasteiger charge is -2.14. The predicted octanol–water partition coefficient (Wildman–Crippen LogP) is 3.15. The van der Waals surface area contributed by atoms with Gasteiger partial charge in [-0.3, -0.25) is 9.88 Å². The average Bonchev–Trinajstić information content (AvgIpc) is 3.24. The Morgan fingerprint density at radius 2 is 1.95 bits per heavy atom. The number of fused-ring (bicyclic) bond motifs is 1. The maximum Gasteiger partial charge on any atom is 0.200 e. The molecule has 0 unspecified atom stereocenters. The fourth-order valence-electron chi connectivity index (χ4n) is 2.34. The molecule has 0 amide bonds. The second-order valence-electron chi connectivity index (χ2n) is 4.85. The van der Waals surface area contributed by atoms with E-state index < -0.39 is 0 Å². The number of furan rings is 1. The number of pyridine rings is 1. The molecule has 4 rings (SSSR count). The summed E-state index contributed by atoms with van der Waals surface area (Å²) in [6.45, 7) is 0. The minimum absolute atomic E-state index is 0.734. The van der Waals surface area contributed by atoms with Crippen LogP contribution in [0, 0.1) is 0 Å². The molecule has 0 fully saturated rings. The first-order valence-corrected chi connectivity index (χ1v) is 6.85. The van der Waals surface area contributed by atoms with Crippen LogP contribution in [0.5, 0.6) is 0 Å². The van der Waals surface area contributed by atoms with Gasteiger partial charge in [-0.05, 0) is 30.3 Å². The first-order chi connectivity index (χ1) is 10.8. The molecule has 108 valence electrons. The molecule has 0 spiro atoms. The lowest BCUT2D eigenvalue weighted by molar-refractivity contribution is 0.568. The molecule has 0 saturated heterocycles. The van der Waals surface area contributed by atoms with E-state index in [1.54, 1.807) is 18.7 Å². The molecule has 0 aliphatic carbocycles. The van der Waals surface area contributed by atoms with Crippen molar-refractivity contribution < 1.29 is 4.42 Å². The highest BCUT2D eigenvalue weighted by molar-refractivity contribution is 5.64. The molecular weight excluding hydrogens is 278 g/mol. The summed E-state index contributed by atoms with van der Waals surface area (Å²) in [6.07, 6.45) is 6.97. The van der Waals surface area contributed by atoms with Crippen molar-refractivity contribution in [1.29, 1.82) is 0 Å². The van der Waals surface area contributed by atoms with E-state index in [4.69, 9.17) is 4.42 Å². The molecule has 4 aromatic rings. The van der Waals surface area contributed by atoms with Crippen LogP contribution < -0.4 is 4.90 Å². The fourth-order valence-corrected chi connectivity index (χ4v) is 2.34. The molecule has 0 atom stereocenters. The van der Waals surface area contributed by atoms with Gasteiger partial charge in [-0.25, -0.2) is 9.50 Å². The number of aromatic nitrogens is 4. The molecule has 0 radical (unpaired) electrons. The van der Waals surface area contributed by atoms with Gasteiger partial charge in [0.1, 0.15) is 0 Å². The van der Waals surface area contributed by atoms with Crippen molar-refractivity contribution in [3.63, 3.8) is 0 Å². The second-order valence-corrected chi connectivity index (χ2v) is 4.85. The minimum atomic E-state index is 0.734. The predicted molar refractivity (Wildman–Crippen MR) is 83.0 cm³/mol. The highest BCUT2D eigenvalue weighted by Gasteiger charge is 2.12. The van der Waals surface area contributed by atoms with Crippen molar-refractivity contribution in [2.75, 3.05) is 11.9 Å². The van der Waals surface area contributed by atoms with E-state index in [9.17, 15) is 0 Å². The minimum Gasteiger partial charge on any atom is -0.448 e. The Balaban J connectivity index is 1.83. The Hall–Kier alpha value is -3.15. The van der Waals surface area contributed by atoms with Gasteiger partial charge in [-0.2, -0.15) is 0 Å². The summed E-state index contributed by atoms with van der Waals surface area (Å²) in [5, 5.41) is 4.67. The maximum atomic E-state index is 5.41. The van der Waals surface area contributed by atoms with Gasteiger partial charge in [-0.15, -0.1) is 5.10 Å². The van der Waals surface area contributed by atoms with Crippen LogP contribution in [0.3, 0.4) is 0 Å². The van der Waals surface area contributed by atoms with Crippen molar-refractivity contribution in [2.24, 2.45) is 0 Å². The van der Waals surface area contributed by atoms with Crippen LogP contribution in [-0.4, -0.2) is 26.6 Å². The highest BCUT2D eigenvalue weighted by atomic mass is 16.3. The van der Waals surface area contributed by atoms with E-state index in [1.807, 2.05) is 59.1 Å². The zero-order valence-corrected chi connectivity index (χ0v) is 11.9. The standard InChI is InChI=1S/C16H13N5O/c1-20(16-3-2-10-22-16)15-5-4-14-18-11-13(21(14)19-15)12-6-8-17-9-7-12/h2-11H,1H3. The molecule has 0 bridgehead atoms. The first kappa shape index (κ1) is 12.6. The molecule has 0 aromatic carbocycles. The Morgan fingerprint density at radius 3 is 2.73 bits per heavy atom. The second kappa shape index (κ2) is 5.00. The Kier molecular flexibility index (Phi) is 2.86. The third-order valence-corrected chi connectivity index (χ3v) is 3.50. The van der Waals surface area contributed by atoms with Crippen LogP contribution >= 0.6 is 0 Å². The van der Waals surface area contributed by atoms with Gasteiger partial charge < -0.3 is 4.42 Å². The summed E-state index contributed by atoms with van der Waals surface area (Å²) < 4.78 is 7.23. The zero-order valence-electron chi connectivity index (χ0n) is 11.9. The summed E-state index contributed by atoms with van der Waals surface area (Å²) in [4.78, 5) is 10.3. The summed E-state index contributed by atoms with van der Waals surface area (Å²) >= 11 is 0. The van der Waals surface area contributed by atoms with E-state index in [0.717, 1.165) is 28.6 Å². The van der Waals surface area contributed by atoms with E-state index in [2.05, 4.69) is 15.1 Å². The molecule has 0 aliphatic rings. The Morgan fingerprint density at radius 1 is 1.09 bits per heavy atom. The Labute approximate surface area is 126 Å². The number of nitrogens with zero attached hydrogens (tertiary/aromatic N) is 5. The molecule has 6 nitrogen and oxygen atoms in total.